The van der Waals surface area contributed by atoms with Crippen LogP contribution in [0.15, 0.2) is 48.8 Å². The second kappa shape index (κ2) is 10.4. The van der Waals surface area contributed by atoms with Crippen LogP contribution in [0.1, 0.15) is 29.4 Å². The van der Waals surface area contributed by atoms with Gasteiger partial charge in [0.2, 0.25) is 0 Å². The van der Waals surface area contributed by atoms with E-state index >= 15 is 0 Å². The lowest BCUT2D eigenvalue weighted by atomic mass is 10.1. The molecule has 2 N–H and O–H groups in total. The Labute approximate surface area is 202 Å². The first kappa shape index (κ1) is 24.0. The quantitative estimate of drug-likeness (QED) is 0.325. The third-order valence-electron chi connectivity index (χ3n) is 5.65. The number of ether oxygens (including phenoxy) is 2. The number of nitrogens with one attached hydrogen (secondary N) is 1. The van der Waals surface area contributed by atoms with Crippen molar-refractivity contribution in [3.8, 4) is 22.8 Å². The molecule has 0 saturated carbocycles. The molecule has 0 saturated heterocycles. The average molecular weight is 479 g/mol. The van der Waals surface area contributed by atoms with Crippen molar-refractivity contribution in [2.45, 2.75) is 26.8 Å². The fraction of sp³-hybridized carbons (Fsp3) is 0.269. The summed E-state index contributed by atoms with van der Waals surface area (Å²) in [7, 11) is 1.53. The number of carbonyl (C=O) groups is 1. The van der Waals surface area contributed by atoms with Crippen LogP contribution in [0.4, 0.5) is 10.2 Å². The van der Waals surface area contributed by atoms with Crippen molar-refractivity contribution in [3.63, 3.8) is 0 Å². The summed E-state index contributed by atoms with van der Waals surface area (Å²) in [5.74, 6) is 0.0385. The zero-order valence-corrected chi connectivity index (χ0v) is 19.8. The van der Waals surface area contributed by atoms with Crippen LogP contribution in [0, 0.1) is 12.7 Å². The molecule has 35 heavy (non-hydrogen) atoms. The molecule has 2 heterocycles. The molecule has 0 spiro atoms. The minimum atomic E-state index is -1.04. The monoisotopic (exact) mass is 478 g/mol. The highest BCUT2D eigenvalue weighted by Gasteiger charge is 2.14. The number of carboxylic acids is 1. The largest absolute Gasteiger partial charge is 0.496 e. The van der Waals surface area contributed by atoms with Crippen LogP contribution < -0.4 is 14.8 Å². The third kappa shape index (κ3) is 5.18. The number of benzene rings is 2. The Bertz CT molecular complexity index is 1370. The van der Waals surface area contributed by atoms with Crippen molar-refractivity contribution in [1.29, 1.82) is 0 Å². The normalized spacial score (nSPS) is 11.0. The van der Waals surface area contributed by atoms with E-state index in [4.69, 9.17) is 9.47 Å². The summed E-state index contributed by atoms with van der Waals surface area (Å²) >= 11 is 0. The van der Waals surface area contributed by atoms with Gasteiger partial charge in [-0.15, -0.1) is 0 Å². The number of hydrogen-bond acceptors (Lipinski definition) is 6. The lowest BCUT2D eigenvalue weighted by molar-refractivity contribution is 0.0692. The van der Waals surface area contributed by atoms with Crippen LogP contribution in [0.25, 0.3) is 22.2 Å². The first-order valence-corrected chi connectivity index (χ1v) is 11.3. The number of fused-ring (bicyclic) bond motifs is 1. The molecule has 0 aliphatic rings. The van der Waals surface area contributed by atoms with Crippen LogP contribution in [0.2, 0.25) is 0 Å². The number of nitrogens with zero attached hydrogens (tertiary/aromatic N) is 3. The van der Waals surface area contributed by atoms with Crippen LogP contribution in [-0.2, 0) is 6.54 Å². The van der Waals surface area contributed by atoms with Crippen molar-refractivity contribution in [3.05, 3.63) is 65.9 Å². The van der Waals surface area contributed by atoms with Crippen molar-refractivity contribution in [1.82, 2.24) is 14.5 Å². The molecule has 182 valence electrons. The SMILES string of the molecule is CCCOc1cc(-c2cc(NCCn3c(C)cc4c(OC)cc(F)cc43)ncn2)ccc1C(=O)O. The zero-order valence-electron chi connectivity index (χ0n) is 19.8. The Morgan fingerprint density at radius 1 is 1.14 bits per heavy atom. The molecule has 0 unspecified atom stereocenters. The first-order valence-electron chi connectivity index (χ1n) is 11.3. The Morgan fingerprint density at radius 2 is 1.97 bits per heavy atom. The Balaban J connectivity index is 1.52. The number of halogens is 1. The maximum Gasteiger partial charge on any atom is 0.339 e. The molecule has 4 aromatic rings. The van der Waals surface area contributed by atoms with Crippen molar-refractivity contribution < 1.29 is 23.8 Å². The third-order valence-corrected chi connectivity index (χ3v) is 5.65. The highest BCUT2D eigenvalue weighted by Crippen LogP contribution is 2.30. The molecule has 2 aromatic carbocycles. The molecular formula is C26H27FN4O4. The van der Waals surface area contributed by atoms with Crippen molar-refractivity contribution in [2.75, 3.05) is 25.6 Å². The molecule has 0 amide bonds. The maximum atomic E-state index is 14.1. The van der Waals surface area contributed by atoms with Gasteiger partial charge in [0, 0.05) is 41.9 Å². The molecule has 0 atom stereocenters. The highest BCUT2D eigenvalue weighted by atomic mass is 19.1. The molecule has 0 aliphatic heterocycles. The summed E-state index contributed by atoms with van der Waals surface area (Å²) in [5, 5.41) is 13.6. The number of carboxylic acid groups (broad SMARTS) is 1. The molecule has 4 rings (SSSR count). The standard InChI is InChI=1S/C26H27FN4O4/c1-4-9-35-24-11-17(5-6-19(24)26(32)33)21-14-25(30-15-29-21)28-7-8-31-16(2)10-20-22(31)12-18(27)13-23(20)34-3/h5-6,10-15H,4,7-9H2,1-3H3,(H,32,33)(H,28,29,30). The van der Waals surface area contributed by atoms with Gasteiger partial charge in [-0.3, -0.25) is 0 Å². The van der Waals surface area contributed by atoms with E-state index in [0.717, 1.165) is 28.6 Å². The fourth-order valence-corrected chi connectivity index (χ4v) is 3.99. The Hall–Kier alpha value is -4.14. The van der Waals surface area contributed by atoms with Crippen LogP contribution in [0.3, 0.4) is 0 Å². The second-order valence-electron chi connectivity index (χ2n) is 8.06. The van der Waals surface area contributed by atoms with E-state index in [9.17, 15) is 14.3 Å². The molecule has 0 aliphatic carbocycles. The minimum Gasteiger partial charge on any atom is -0.496 e. The molecule has 2 aromatic heterocycles. The summed E-state index contributed by atoms with van der Waals surface area (Å²) in [6.45, 7) is 5.48. The predicted octanol–water partition coefficient (Wildman–Crippen LogP) is 5.15. The molecule has 9 heteroatoms. The van der Waals surface area contributed by atoms with E-state index in [1.807, 2.05) is 24.5 Å². The van der Waals surface area contributed by atoms with E-state index in [-0.39, 0.29) is 11.4 Å². The zero-order chi connectivity index (χ0) is 24.9. The van der Waals surface area contributed by atoms with Gasteiger partial charge in [-0.05, 0) is 37.6 Å². The molecule has 0 bridgehead atoms. The average Bonchev–Trinajstić information content (AvgIpc) is 3.17. The summed E-state index contributed by atoms with van der Waals surface area (Å²) in [6.07, 6.45) is 2.21. The van der Waals surface area contributed by atoms with E-state index in [1.54, 1.807) is 18.2 Å². The Kier molecular flexibility index (Phi) is 7.14. The Morgan fingerprint density at radius 3 is 2.71 bits per heavy atom. The van der Waals surface area contributed by atoms with Gasteiger partial charge in [-0.25, -0.2) is 19.2 Å². The van der Waals surface area contributed by atoms with Crippen LogP contribution in [0.5, 0.6) is 11.5 Å². The number of aryl methyl sites for hydroxylation is 1. The maximum absolute atomic E-state index is 14.1. The van der Waals surface area contributed by atoms with Gasteiger partial charge in [-0.2, -0.15) is 0 Å². The van der Waals surface area contributed by atoms with E-state index in [2.05, 4.69) is 15.3 Å². The number of rotatable bonds is 10. The topological polar surface area (TPSA) is 98.5 Å². The van der Waals surface area contributed by atoms with E-state index in [0.29, 0.717) is 42.7 Å². The summed E-state index contributed by atoms with van der Waals surface area (Å²) in [4.78, 5) is 20.1. The minimum absolute atomic E-state index is 0.108. The highest BCUT2D eigenvalue weighted by molar-refractivity contribution is 5.92. The van der Waals surface area contributed by atoms with Gasteiger partial charge >= 0.3 is 5.97 Å². The smallest absolute Gasteiger partial charge is 0.339 e. The van der Waals surface area contributed by atoms with Gasteiger partial charge in [0.15, 0.2) is 0 Å². The lowest BCUT2D eigenvalue weighted by Crippen LogP contribution is -2.12. The lowest BCUT2D eigenvalue weighted by Gasteiger charge is -2.12. The van der Waals surface area contributed by atoms with Gasteiger partial charge < -0.3 is 24.5 Å². The van der Waals surface area contributed by atoms with E-state index < -0.39 is 5.97 Å². The van der Waals surface area contributed by atoms with E-state index in [1.165, 1.54) is 31.6 Å². The van der Waals surface area contributed by atoms with Crippen LogP contribution >= 0.6 is 0 Å². The van der Waals surface area contributed by atoms with Crippen molar-refractivity contribution >= 4 is 22.7 Å². The number of anilines is 1. The number of aromatic nitrogens is 3. The van der Waals surface area contributed by atoms with Crippen LogP contribution in [-0.4, -0.2) is 45.9 Å². The molecule has 0 radical (unpaired) electrons. The molecule has 8 nitrogen and oxygen atoms in total. The fourth-order valence-electron chi connectivity index (χ4n) is 3.99. The second-order valence-corrected chi connectivity index (χ2v) is 8.06. The molecule has 0 fully saturated rings. The number of hydrogen-bond donors (Lipinski definition) is 2. The van der Waals surface area contributed by atoms with Gasteiger partial charge in [0.25, 0.3) is 0 Å². The van der Waals surface area contributed by atoms with Gasteiger partial charge in [0.1, 0.15) is 35.0 Å². The molecular weight excluding hydrogens is 451 g/mol. The van der Waals surface area contributed by atoms with Gasteiger partial charge in [-0.1, -0.05) is 13.0 Å². The number of aromatic carboxylic acids is 1. The predicted molar refractivity (Wildman–Crippen MR) is 132 cm³/mol. The number of methoxy groups -OCH3 is 1. The van der Waals surface area contributed by atoms with Crippen molar-refractivity contribution in [2.24, 2.45) is 0 Å². The summed E-state index contributed by atoms with van der Waals surface area (Å²) in [5.41, 5.74) is 3.23. The first-order chi connectivity index (χ1) is 16.9. The summed E-state index contributed by atoms with van der Waals surface area (Å²) < 4.78 is 27.1. The van der Waals surface area contributed by atoms with Gasteiger partial charge in [0.05, 0.1) is 24.9 Å². The summed E-state index contributed by atoms with van der Waals surface area (Å²) in [6, 6.07) is 11.6.